The van der Waals surface area contributed by atoms with Gasteiger partial charge in [0.25, 0.3) is 0 Å². The van der Waals surface area contributed by atoms with Gasteiger partial charge in [0.1, 0.15) is 0 Å². The minimum atomic E-state index is 0.999. The number of aryl methyl sites for hydroxylation is 1. The second-order valence-electron chi connectivity index (χ2n) is 8.41. The fourth-order valence-corrected chi connectivity index (χ4v) is 6.26. The van der Waals surface area contributed by atoms with E-state index in [1.54, 1.807) is 28.9 Å². The molecule has 0 bridgehead atoms. The van der Waals surface area contributed by atoms with E-state index in [1.807, 2.05) is 30.5 Å². The maximum Gasteiger partial charge on any atom is 0.0740 e. The van der Waals surface area contributed by atoms with E-state index in [4.69, 9.17) is 0 Å². The van der Waals surface area contributed by atoms with Crippen LogP contribution in [-0.2, 0) is 7.05 Å². The molecule has 0 fully saturated rings. The van der Waals surface area contributed by atoms with E-state index >= 15 is 0 Å². The van der Waals surface area contributed by atoms with Crippen molar-refractivity contribution in [2.75, 3.05) is 0 Å². The Morgan fingerprint density at radius 2 is 1.19 bits per heavy atom. The molecule has 8 aromatic rings. The van der Waals surface area contributed by atoms with Crippen molar-refractivity contribution in [2.45, 2.75) is 0 Å². The molecule has 0 amide bonds. The Balaban J connectivity index is 0.000000104. The summed E-state index contributed by atoms with van der Waals surface area (Å²) in [7, 11) is 2.12. The molecule has 3 nitrogen and oxygen atoms in total. The van der Waals surface area contributed by atoms with Gasteiger partial charge in [-0.2, -0.15) is 0 Å². The number of para-hydroxylation sites is 3. The first-order valence-electron chi connectivity index (χ1n) is 11.7. The van der Waals surface area contributed by atoms with E-state index in [0.717, 1.165) is 21.8 Å². The highest BCUT2D eigenvalue weighted by Crippen LogP contribution is 2.27. The van der Waals surface area contributed by atoms with Crippen molar-refractivity contribution in [3.8, 4) is 0 Å². The number of hydrogen-bond donors (Lipinski definition) is 0. The van der Waals surface area contributed by atoms with Crippen molar-refractivity contribution in [3.63, 3.8) is 0 Å². The van der Waals surface area contributed by atoms with Crippen molar-refractivity contribution in [1.82, 2.24) is 14.5 Å². The van der Waals surface area contributed by atoms with Gasteiger partial charge in [-0.15, -0.1) is 22.7 Å². The van der Waals surface area contributed by atoms with Crippen molar-refractivity contribution in [3.05, 3.63) is 120 Å². The lowest BCUT2D eigenvalue weighted by molar-refractivity contribution is 1.01. The van der Waals surface area contributed by atoms with Gasteiger partial charge in [0.05, 0.1) is 11.0 Å². The maximum atomic E-state index is 4.54. The quantitative estimate of drug-likeness (QED) is 0.194. The van der Waals surface area contributed by atoms with Gasteiger partial charge >= 0.3 is 0 Å². The van der Waals surface area contributed by atoms with Crippen LogP contribution in [0, 0.1) is 0 Å². The number of thiophene rings is 2. The molecule has 3 aromatic carbocycles. The normalized spacial score (nSPS) is 10.9. The molecule has 5 heterocycles. The third kappa shape index (κ3) is 4.35. The summed E-state index contributed by atoms with van der Waals surface area (Å²) in [6.07, 6.45) is 3.61. The van der Waals surface area contributed by atoms with Crippen molar-refractivity contribution in [1.29, 1.82) is 0 Å². The lowest BCUT2D eigenvalue weighted by atomic mass is 10.1. The minimum absolute atomic E-state index is 0.999. The lowest BCUT2D eigenvalue weighted by Crippen LogP contribution is -1.84. The van der Waals surface area contributed by atoms with E-state index in [-0.39, 0.29) is 0 Å². The topological polar surface area (TPSA) is 30.7 Å². The van der Waals surface area contributed by atoms with Crippen molar-refractivity contribution in [2.24, 2.45) is 7.05 Å². The van der Waals surface area contributed by atoms with E-state index in [1.165, 1.54) is 31.2 Å². The summed E-state index contributed by atoms with van der Waals surface area (Å²) in [6, 6.07) is 33.5. The number of hydrogen-bond acceptors (Lipinski definition) is 4. The minimum Gasteiger partial charge on any atom is -0.344 e. The second-order valence-corrected chi connectivity index (χ2v) is 10.3. The molecular weight excluding hydrogens is 478 g/mol. The Hall–Kier alpha value is -4.06. The molecule has 5 aromatic heterocycles. The summed E-state index contributed by atoms with van der Waals surface area (Å²) >= 11 is 3.61. The average molecular weight is 502 g/mol. The number of pyridine rings is 2. The number of rotatable bonds is 0. The van der Waals surface area contributed by atoms with E-state index < -0.39 is 0 Å². The Morgan fingerprint density at radius 1 is 0.611 bits per heavy atom. The number of nitrogens with zero attached hydrogens (tertiary/aromatic N) is 3. The number of fused-ring (bicyclic) bond motifs is 6. The molecule has 5 heteroatoms. The highest BCUT2D eigenvalue weighted by Gasteiger charge is 2.05. The molecule has 0 saturated heterocycles. The van der Waals surface area contributed by atoms with Crippen LogP contribution in [0.4, 0.5) is 0 Å². The van der Waals surface area contributed by atoms with Gasteiger partial charge in [0, 0.05) is 61.4 Å². The Bertz CT molecular complexity index is 1720. The van der Waals surface area contributed by atoms with E-state index in [2.05, 4.69) is 105 Å². The SMILES string of the molecule is Cn1c2ccccc2c2ccccc21.c1cc2sccc2s1.c1ccc2nc3ccncc3cc2c1. The average Bonchev–Trinajstić information content (AvgIpc) is 3.64. The first kappa shape index (κ1) is 22.4. The van der Waals surface area contributed by atoms with E-state index in [9.17, 15) is 0 Å². The first-order chi connectivity index (χ1) is 17.8. The van der Waals surface area contributed by atoms with Crippen LogP contribution in [0.25, 0.3) is 53.0 Å². The van der Waals surface area contributed by atoms with Crippen molar-refractivity contribution < 1.29 is 0 Å². The fraction of sp³-hybridized carbons (Fsp3) is 0.0323. The smallest absolute Gasteiger partial charge is 0.0740 e. The fourth-order valence-electron chi connectivity index (χ4n) is 4.44. The second kappa shape index (κ2) is 9.90. The third-order valence-corrected chi connectivity index (χ3v) is 8.10. The van der Waals surface area contributed by atoms with Crippen LogP contribution in [-0.4, -0.2) is 14.5 Å². The zero-order valence-electron chi connectivity index (χ0n) is 19.7. The summed E-state index contributed by atoms with van der Waals surface area (Å²) in [5.74, 6) is 0. The maximum absolute atomic E-state index is 4.54. The Kier molecular flexibility index (Phi) is 6.16. The van der Waals surface area contributed by atoms with Gasteiger partial charge in [-0.25, -0.2) is 4.98 Å². The molecule has 0 aliphatic carbocycles. The van der Waals surface area contributed by atoms with Crippen LogP contribution in [0.5, 0.6) is 0 Å². The van der Waals surface area contributed by atoms with Gasteiger partial charge in [-0.3, -0.25) is 4.98 Å². The summed E-state index contributed by atoms with van der Waals surface area (Å²) in [6.45, 7) is 0. The largest absolute Gasteiger partial charge is 0.344 e. The van der Waals surface area contributed by atoms with Crippen LogP contribution in [0.15, 0.2) is 120 Å². The van der Waals surface area contributed by atoms with Crippen LogP contribution in [0.2, 0.25) is 0 Å². The number of aromatic nitrogens is 3. The van der Waals surface area contributed by atoms with Gasteiger partial charge < -0.3 is 4.57 Å². The van der Waals surface area contributed by atoms with Crippen LogP contribution in [0.3, 0.4) is 0 Å². The van der Waals surface area contributed by atoms with Crippen LogP contribution in [0.1, 0.15) is 0 Å². The monoisotopic (exact) mass is 501 g/mol. The van der Waals surface area contributed by atoms with Gasteiger partial charge in [0.2, 0.25) is 0 Å². The zero-order chi connectivity index (χ0) is 24.3. The molecule has 0 atom stereocenters. The molecule has 36 heavy (non-hydrogen) atoms. The molecule has 0 unspecified atom stereocenters. The molecule has 0 aliphatic heterocycles. The highest BCUT2D eigenvalue weighted by molar-refractivity contribution is 7.25. The van der Waals surface area contributed by atoms with Gasteiger partial charge in [0.15, 0.2) is 0 Å². The lowest BCUT2D eigenvalue weighted by Gasteiger charge is -1.99. The molecule has 174 valence electrons. The van der Waals surface area contributed by atoms with Gasteiger partial charge in [-0.05, 0) is 53.2 Å². The summed E-state index contributed by atoms with van der Waals surface area (Å²) in [5.41, 5.74) is 4.63. The zero-order valence-corrected chi connectivity index (χ0v) is 21.3. The predicted molar refractivity (Wildman–Crippen MR) is 157 cm³/mol. The molecule has 0 aliphatic rings. The van der Waals surface area contributed by atoms with E-state index in [0.29, 0.717) is 0 Å². The Labute approximate surface area is 216 Å². The molecule has 0 radical (unpaired) electrons. The third-order valence-electron chi connectivity index (χ3n) is 6.21. The molecular formula is C31H23N3S2. The highest BCUT2D eigenvalue weighted by atomic mass is 32.1. The summed E-state index contributed by atoms with van der Waals surface area (Å²) in [4.78, 5) is 8.62. The van der Waals surface area contributed by atoms with Crippen molar-refractivity contribution >= 4 is 75.7 Å². The van der Waals surface area contributed by atoms with Crippen LogP contribution >= 0.6 is 22.7 Å². The molecule has 8 rings (SSSR count). The molecule has 0 saturated carbocycles. The van der Waals surface area contributed by atoms with Gasteiger partial charge in [-0.1, -0.05) is 54.6 Å². The number of benzene rings is 3. The Morgan fingerprint density at radius 3 is 1.89 bits per heavy atom. The standard InChI is InChI=1S/C13H11N.C12H8N2.C6H4S2/c1-14-12-8-4-2-6-10(12)11-7-3-5-9-13(11)14;1-2-4-11-9(3-1)7-10-8-13-6-5-12(10)14-11;1-3-7-6-2-4-8-5(1)6/h2-9H,1H3;1-8H;1-4H. The first-order valence-corrected chi connectivity index (χ1v) is 13.5. The molecule has 0 N–H and O–H groups in total. The van der Waals surface area contributed by atoms with Crippen LogP contribution < -0.4 is 0 Å². The predicted octanol–water partition coefficient (Wildman–Crippen LogP) is 9.08. The summed E-state index contributed by atoms with van der Waals surface area (Å²) < 4.78 is 5.06. The summed E-state index contributed by atoms with van der Waals surface area (Å²) in [5, 5.41) is 9.18. The molecule has 0 spiro atoms.